The van der Waals surface area contributed by atoms with Gasteiger partial charge in [0, 0.05) is 23.2 Å². The van der Waals surface area contributed by atoms with Crippen molar-refractivity contribution >= 4 is 17.7 Å². The van der Waals surface area contributed by atoms with Crippen molar-refractivity contribution in [3.8, 4) is 28.3 Å². The minimum absolute atomic E-state index is 0.0244. The molecular formula is C31H35N3O4. The van der Waals surface area contributed by atoms with Gasteiger partial charge in [0.1, 0.15) is 5.69 Å². The van der Waals surface area contributed by atoms with E-state index in [1.165, 1.54) is 0 Å². The Bertz CT molecular complexity index is 1340. The monoisotopic (exact) mass is 513 g/mol. The van der Waals surface area contributed by atoms with Crippen molar-refractivity contribution in [2.24, 2.45) is 0 Å². The SMILES string of the molecule is CCCN1C(=O)COc2nc(-c3ccc(C4(N(C(=O)O)C(C)(C)C)CCC4)cc3)c(-c3ccccc3)cc21. The third-order valence-electron chi connectivity index (χ3n) is 7.59. The Morgan fingerprint density at radius 3 is 2.32 bits per heavy atom. The summed E-state index contributed by atoms with van der Waals surface area (Å²) in [7, 11) is 0. The molecule has 1 saturated carbocycles. The van der Waals surface area contributed by atoms with Gasteiger partial charge in [-0.15, -0.1) is 0 Å². The molecule has 0 bridgehead atoms. The van der Waals surface area contributed by atoms with Gasteiger partial charge in [0.2, 0.25) is 5.88 Å². The molecule has 2 amide bonds. The predicted molar refractivity (Wildman–Crippen MR) is 148 cm³/mol. The number of fused-ring (bicyclic) bond motifs is 1. The maximum Gasteiger partial charge on any atom is 0.408 e. The van der Waals surface area contributed by atoms with E-state index in [-0.39, 0.29) is 12.5 Å². The fourth-order valence-electron chi connectivity index (χ4n) is 5.86. The summed E-state index contributed by atoms with van der Waals surface area (Å²) in [6.07, 6.45) is 2.54. The molecule has 38 heavy (non-hydrogen) atoms. The second kappa shape index (κ2) is 9.78. The molecule has 2 aromatic carbocycles. The molecule has 1 aromatic heterocycles. The Kier molecular flexibility index (Phi) is 6.63. The highest BCUT2D eigenvalue weighted by molar-refractivity contribution is 5.99. The zero-order valence-electron chi connectivity index (χ0n) is 22.5. The summed E-state index contributed by atoms with van der Waals surface area (Å²) in [4.78, 5) is 33.3. The van der Waals surface area contributed by atoms with E-state index in [2.05, 4.69) is 0 Å². The molecule has 1 aliphatic carbocycles. The van der Waals surface area contributed by atoms with Crippen LogP contribution in [0.4, 0.5) is 10.5 Å². The van der Waals surface area contributed by atoms with Crippen LogP contribution in [0.5, 0.6) is 5.88 Å². The van der Waals surface area contributed by atoms with Crippen molar-refractivity contribution < 1.29 is 19.4 Å². The zero-order valence-corrected chi connectivity index (χ0v) is 22.5. The molecule has 0 saturated heterocycles. The Morgan fingerprint density at radius 2 is 1.76 bits per heavy atom. The van der Waals surface area contributed by atoms with Crippen molar-refractivity contribution in [1.82, 2.24) is 9.88 Å². The van der Waals surface area contributed by atoms with Crippen LogP contribution >= 0.6 is 0 Å². The molecule has 198 valence electrons. The van der Waals surface area contributed by atoms with Crippen LogP contribution in [-0.2, 0) is 10.3 Å². The number of benzene rings is 2. The third-order valence-corrected chi connectivity index (χ3v) is 7.59. The number of pyridine rings is 1. The van der Waals surface area contributed by atoms with Gasteiger partial charge in [0.15, 0.2) is 6.61 Å². The fourth-order valence-corrected chi connectivity index (χ4v) is 5.86. The highest BCUT2D eigenvalue weighted by Crippen LogP contribution is 2.50. The first-order chi connectivity index (χ1) is 18.2. The molecule has 0 unspecified atom stereocenters. The lowest BCUT2D eigenvalue weighted by atomic mass is 9.69. The number of aromatic nitrogens is 1. The van der Waals surface area contributed by atoms with E-state index in [9.17, 15) is 14.7 Å². The molecule has 1 N–H and O–H groups in total. The number of carboxylic acid groups (broad SMARTS) is 1. The van der Waals surface area contributed by atoms with Crippen molar-refractivity contribution in [2.75, 3.05) is 18.1 Å². The lowest BCUT2D eigenvalue weighted by Gasteiger charge is -2.54. The standard InChI is InChI=1S/C31H35N3O4/c1-5-18-33-25-19-24(21-10-7-6-8-11-21)27(32-28(25)38-20-26(33)35)22-12-14-23(15-13-22)31(16-9-17-31)34(29(36)37)30(2,3)4/h6-8,10-15,19H,5,9,16-18,20H2,1-4H3,(H,36,37). The molecule has 5 rings (SSSR count). The minimum atomic E-state index is -0.896. The van der Waals surface area contributed by atoms with E-state index in [4.69, 9.17) is 9.72 Å². The van der Waals surface area contributed by atoms with E-state index in [1.807, 2.05) is 88.4 Å². The van der Waals surface area contributed by atoms with Crippen molar-refractivity contribution in [3.05, 3.63) is 66.2 Å². The van der Waals surface area contributed by atoms with Crippen molar-refractivity contribution in [3.63, 3.8) is 0 Å². The molecule has 2 heterocycles. The number of nitrogens with zero attached hydrogens (tertiary/aromatic N) is 3. The van der Waals surface area contributed by atoms with Crippen LogP contribution in [0.1, 0.15) is 58.9 Å². The smallest absolute Gasteiger partial charge is 0.408 e. The van der Waals surface area contributed by atoms with Crippen LogP contribution in [0.2, 0.25) is 0 Å². The molecule has 7 heteroatoms. The Hall–Kier alpha value is -3.87. The van der Waals surface area contributed by atoms with Gasteiger partial charge in [-0.2, -0.15) is 0 Å². The summed E-state index contributed by atoms with van der Waals surface area (Å²) in [5.41, 5.74) is 4.22. The average Bonchev–Trinajstić information content (AvgIpc) is 2.87. The molecule has 1 fully saturated rings. The van der Waals surface area contributed by atoms with E-state index >= 15 is 0 Å². The highest BCUT2D eigenvalue weighted by Gasteiger charge is 2.50. The maximum atomic E-state index is 12.6. The normalized spacial score (nSPS) is 16.3. The number of hydrogen-bond acceptors (Lipinski definition) is 4. The number of carbonyl (C=O) groups is 2. The highest BCUT2D eigenvalue weighted by atomic mass is 16.5. The Balaban J connectivity index is 1.61. The van der Waals surface area contributed by atoms with Gasteiger partial charge in [0.05, 0.1) is 11.2 Å². The molecule has 0 radical (unpaired) electrons. The lowest BCUT2D eigenvalue weighted by molar-refractivity contribution is -0.121. The second-order valence-corrected chi connectivity index (χ2v) is 11.2. The van der Waals surface area contributed by atoms with Crippen molar-refractivity contribution in [2.45, 2.75) is 64.5 Å². The predicted octanol–water partition coefficient (Wildman–Crippen LogP) is 6.71. The average molecular weight is 514 g/mol. The number of anilines is 1. The first-order valence-corrected chi connectivity index (χ1v) is 13.3. The zero-order chi connectivity index (χ0) is 27.1. The summed E-state index contributed by atoms with van der Waals surface area (Å²) in [5, 5.41) is 10.1. The molecular weight excluding hydrogens is 478 g/mol. The fraction of sp³-hybridized carbons (Fsp3) is 0.387. The van der Waals surface area contributed by atoms with Gasteiger partial charge < -0.3 is 14.7 Å². The summed E-state index contributed by atoms with van der Waals surface area (Å²) in [5.74, 6) is 0.391. The van der Waals surface area contributed by atoms with Gasteiger partial charge in [-0.1, -0.05) is 61.5 Å². The van der Waals surface area contributed by atoms with Crippen molar-refractivity contribution in [1.29, 1.82) is 0 Å². The first kappa shape index (κ1) is 25.8. The number of hydrogen-bond donors (Lipinski definition) is 1. The van der Waals surface area contributed by atoms with Gasteiger partial charge in [-0.25, -0.2) is 9.78 Å². The second-order valence-electron chi connectivity index (χ2n) is 11.2. The minimum Gasteiger partial charge on any atom is -0.466 e. The van der Waals surface area contributed by atoms with Gasteiger partial charge >= 0.3 is 6.09 Å². The lowest BCUT2D eigenvalue weighted by Crippen LogP contribution is -2.60. The number of amides is 2. The van der Waals surface area contributed by atoms with Gasteiger partial charge in [-0.3, -0.25) is 9.69 Å². The van der Waals surface area contributed by atoms with E-state index in [0.29, 0.717) is 18.1 Å². The third kappa shape index (κ3) is 4.40. The van der Waals surface area contributed by atoms with Crippen LogP contribution < -0.4 is 9.64 Å². The van der Waals surface area contributed by atoms with Gasteiger partial charge in [-0.05, 0) is 63.6 Å². The topological polar surface area (TPSA) is 83.0 Å². The summed E-state index contributed by atoms with van der Waals surface area (Å²) < 4.78 is 5.79. The van der Waals surface area contributed by atoms with Crippen LogP contribution in [0.25, 0.3) is 22.4 Å². The Labute approximate surface area is 224 Å². The number of carbonyl (C=O) groups excluding carboxylic acids is 1. The number of ether oxygens (including phenoxy) is 1. The largest absolute Gasteiger partial charge is 0.466 e. The summed E-state index contributed by atoms with van der Waals surface area (Å²) in [6.45, 7) is 8.48. The molecule has 2 aliphatic rings. The summed E-state index contributed by atoms with van der Waals surface area (Å²) >= 11 is 0. The van der Waals surface area contributed by atoms with E-state index < -0.39 is 17.2 Å². The van der Waals surface area contributed by atoms with E-state index in [1.54, 1.807) is 9.80 Å². The van der Waals surface area contributed by atoms with Gasteiger partial charge in [0.25, 0.3) is 5.91 Å². The number of rotatable bonds is 6. The first-order valence-electron chi connectivity index (χ1n) is 13.3. The quantitative estimate of drug-likeness (QED) is 0.396. The molecule has 1 aliphatic heterocycles. The summed E-state index contributed by atoms with van der Waals surface area (Å²) in [6, 6.07) is 20.2. The van der Waals surface area contributed by atoms with Crippen LogP contribution in [0.3, 0.4) is 0 Å². The van der Waals surface area contributed by atoms with Crippen LogP contribution in [-0.4, -0.2) is 45.7 Å². The molecule has 3 aromatic rings. The van der Waals surface area contributed by atoms with Crippen LogP contribution in [0.15, 0.2) is 60.7 Å². The molecule has 0 atom stereocenters. The van der Waals surface area contributed by atoms with E-state index in [0.717, 1.165) is 53.6 Å². The molecule has 0 spiro atoms. The molecule has 7 nitrogen and oxygen atoms in total. The Morgan fingerprint density at radius 1 is 1.08 bits per heavy atom. The maximum absolute atomic E-state index is 12.6. The van der Waals surface area contributed by atoms with Crippen LogP contribution in [0, 0.1) is 0 Å².